The highest BCUT2D eigenvalue weighted by Gasteiger charge is 2.58. The van der Waals surface area contributed by atoms with Crippen LogP contribution in [0.2, 0.25) is 0 Å². The number of ether oxygens (including phenoxy) is 13. The molecule has 30 atom stereocenters. The van der Waals surface area contributed by atoms with Crippen molar-refractivity contribution in [1.29, 1.82) is 0 Å². The zero-order chi connectivity index (χ0) is 72.5. The van der Waals surface area contributed by atoms with E-state index in [1.807, 2.05) is 0 Å². The summed E-state index contributed by atoms with van der Waals surface area (Å²) >= 11 is 0. The molecule has 5 amide bonds. The van der Waals surface area contributed by atoms with Gasteiger partial charge in [-0.3, -0.25) is 24.0 Å². The van der Waals surface area contributed by atoms with E-state index >= 15 is 0 Å². The average molecular weight is 1420 g/mol. The van der Waals surface area contributed by atoms with Crippen LogP contribution in [0.4, 0.5) is 0 Å². The van der Waals surface area contributed by atoms with Gasteiger partial charge in [0.1, 0.15) is 146 Å². The third-order valence-electron chi connectivity index (χ3n) is 17.8. The van der Waals surface area contributed by atoms with Gasteiger partial charge in [0.25, 0.3) is 5.91 Å². The van der Waals surface area contributed by atoms with Crippen molar-refractivity contribution in [1.82, 2.24) is 26.6 Å². The van der Waals surface area contributed by atoms with Crippen molar-refractivity contribution in [2.24, 2.45) is 0 Å². The van der Waals surface area contributed by atoms with Crippen LogP contribution in [-0.4, -0.2) is 327 Å². The smallest absolute Gasteiger partial charge is 0.251 e. The van der Waals surface area contributed by atoms with Gasteiger partial charge in [-0.2, -0.15) is 0 Å². The van der Waals surface area contributed by atoms with E-state index in [9.17, 15) is 90.4 Å². The van der Waals surface area contributed by atoms with E-state index in [-0.39, 0.29) is 5.56 Å². The fourth-order valence-corrected chi connectivity index (χ4v) is 12.7. The van der Waals surface area contributed by atoms with E-state index in [0.717, 1.165) is 53.4 Å². The number of benzene rings is 1. The number of aliphatic hydroxyl groups is 13. The number of methoxy groups -OCH3 is 1. The van der Waals surface area contributed by atoms with Gasteiger partial charge in [0.05, 0.1) is 45.7 Å². The molecule has 0 aliphatic carbocycles. The van der Waals surface area contributed by atoms with Crippen molar-refractivity contribution >= 4 is 29.5 Å². The minimum atomic E-state index is -2.07. The van der Waals surface area contributed by atoms with Gasteiger partial charge in [-0.05, 0) is 50.8 Å². The maximum atomic E-state index is 14.0. The summed E-state index contributed by atoms with van der Waals surface area (Å²) in [5.41, 5.74) is 0.0482. The molecule has 1 aromatic carbocycles. The highest BCUT2D eigenvalue weighted by Crippen LogP contribution is 2.37. The Balaban J connectivity index is 1.07. The molecule has 18 N–H and O–H groups in total. The highest BCUT2D eigenvalue weighted by molar-refractivity contribution is 5.94. The fourth-order valence-electron chi connectivity index (χ4n) is 12.7. The molecule has 6 saturated heterocycles. The molecule has 0 aromatic heterocycles. The summed E-state index contributed by atoms with van der Waals surface area (Å²) in [6, 6.07) is -2.45. The molecule has 6 aliphatic heterocycles. The van der Waals surface area contributed by atoms with Gasteiger partial charge in [0.2, 0.25) is 23.6 Å². The van der Waals surface area contributed by atoms with E-state index in [0.29, 0.717) is 18.8 Å². The van der Waals surface area contributed by atoms with Crippen LogP contribution in [0.25, 0.3) is 0 Å². The Morgan fingerprint density at radius 3 is 1.35 bits per heavy atom. The zero-order valence-corrected chi connectivity index (χ0v) is 56.1. The number of allylic oxidation sites excluding steroid dienone is 2. The molecule has 7 rings (SSSR count). The number of nitrogens with one attached hydrogen (secondary N) is 5. The molecular weight excluding hydrogens is 1320 g/mol. The maximum absolute atomic E-state index is 14.0. The van der Waals surface area contributed by atoms with Gasteiger partial charge in [0.15, 0.2) is 37.7 Å². The molecule has 0 saturated carbocycles. The molecule has 15 unspecified atom stereocenters. The quantitative estimate of drug-likeness (QED) is 0.0235. The lowest BCUT2D eigenvalue weighted by Crippen LogP contribution is -2.72. The van der Waals surface area contributed by atoms with Crippen molar-refractivity contribution < 1.29 is 152 Å². The van der Waals surface area contributed by atoms with Crippen LogP contribution in [-0.2, 0) is 76.0 Å². The van der Waals surface area contributed by atoms with Crippen molar-refractivity contribution in [3.05, 3.63) is 42.0 Å². The average Bonchev–Trinajstić information content (AvgIpc) is 0.771. The lowest BCUT2D eigenvalue weighted by Gasteiger charge is -2.51. The Kier molecular flexibility index (Phi) is 31.7. The van der Waals surface area contributed by atoms with Crippen LogP contribution in [0.5, 0.6) is 5.75 Å². The van der Waals surface area contributed by atoms with Crippen LogP contribution in [0.15, 0.2) is 36.4 Å². The van der Waals surface area contributed by atoms with E-state index < -0.39 is 246 Å². The van der Waals surface area contributed by atoms with Crippen LogP contribution in [0.3, 0.4) is 0 Å². The third kappa shape index (κ3) is 20.9. The Morgan fingerprint density at radius 1 is 0.465 bits per heavy atom. The SMILES string of the molecule is CCCCCC/C=C\CCCOc1cccc(C(=O)N[C@@H]2C(O[C@H]3C(O)C(NC(C)=O)C(O[C@@H]4C(CO)O[C@@H](O[C@H]5C(O)C(NC(C)=O)C(OC6C(CO[C@@H]7OC(C)C(O)[C@H](O)[C@H]7OC)OC(O)[C@@H](NC(C)=O)[C@H]6O)O[C@H]5CO)[C@@H](NC(C)=O)C4O)O[C@H]3CO)OC(CO)[C@@H](O)[C@@H]2O)c1. The molecule has 6 heterocycles. The summed E-state index contributed by atoms with van der Waals surface area (Å²) in [6.07, 6.45) is -32.0. The van der Waals surface area contributed by atoms with E-state index in [4.69, 9.17) is 61.6 Å². The second-order valence-corrected chi connectivity index (χ2v) is 25.3. The van der Waals surface area contributed by atoms with Crippen molar-refractivity contribution in [3.8, 4) is 5.75 Å². The Labute approximate surface area is 571 Å². The Bertz CT molecular complexity index is 2730. The second-order valence-electron chi connectivity index (χ2n) is 25.3. The second kappa shape index (κ2) is 38.6. The third-order valence-corrected chi connectivity index (χ3v) is 17.8. The number of aliphatic hydroxyl groups excluding tert-OH is 13. The lowest BCUT2D eigenvalue weighted by atomic mass is 9.93. The van der Waals surface area contributed by atoms with Crippen LogP contribution < -0.4 is 31.3 Å². The molecule has 99 heavy (non-hydrogen) atoms. The first kappa shape index (κ1) is 81.4. The lowest BCUT2D eigenvalue weighted by molar-refractivity contribution is -0.368. The summed E-state index contributed by atoms with van der Waals surface area (Å²) in [4.78, 5) is 65.1. The van der Waals surface area contributed by atoms with Gasteiger partial charge in [-0.15, -0.1) is 0 Å². The topological polar surface area (TPSA) is 528 Å². The van der Waals surface area contributed by atoms with Crippen molar-refractivity contribution in [2.75, 3.05) is 46.8 Å². The van der Waals surface area contributed by atoms with Gasteiger partial charge in [-0.1, -0.05) is 44.4 Å². The molecule has 0 radical (unpaired) electrons. The van der Waals surface area contributed by atoms with E-state index in [1.54, 1.807) is 12.1 Å². The Hall–Kier alpha value is -4.89. The summed E-state index contributed by atoms with van der Waals surface area (Å²) in [7, 11) is 1.21. The van der Waals surface area contributed by atoms with Gasteiger partial charge in [-0.25, -0.2) is 0 Å². The summed E-state index contributed by atoms with van der Waals surface area (Å²) in [6.45, 7) is 3.52. The van der Waals surface area contributed by atoms with E-state index in [2.05, 4.69) is 45.7 Å². The number of amides is 5. The minimum Gasteiger partial charge on any atom is -0.494 e. The van der Waals surface area contributed by atoms with Crippen LogP contribution in [0.1, 0.15) is 96.8 Å². The van der Waals surface area contributed by atoms with Gasteiger partial charge < -0.3 is 155 Å². The number of carbonyl (C=O) groups is 5. The number of hydrogen-bond donors (Lipinski definition) is 18. The molecule has 6 fully saturated rings. The first-order valence-corrected chi connectivity index (χ1v) is 33.2. The number of hydrogen-bond acceptors (Lipinski definition) is 31. The molecule has 6 aliphatic rings. The number of unbranched alkanes of at least 4 members (excludes halogenated alkanes) is 5. The van der Waals surface area contributed by atoms with E-state index in [1.165, 1.54) is 39.0 Å². The molecule has 36 heteroatoms. The summed E-state index contributed by atoms with van der Waals surface area (Å²) < 4.78 is 77.9. The van der Waals surface area contributed by atoms with Crippen LogP contribution in [0, 0.1) is 0 Å². The molecular formula is C63H101N5O31. The minimum absolute atomic E-state index is 0.0482. The molecule has 564 valence electrons. The fraction of sp³-hybridized carbons (Fsp3) is 0.794. The van der Waals surface area contributed by atoms with Crippen LogP contribution >= 0.6 is 0 Å². The molecule has 36 nitrogen and oxygen atoms in total. The predicted molar refractivity (Wildman–Crippen MR) is 333 cm³/mol. The highest BCUT2D eigenvalue weighted by atomic mass is 16.8. The van der Waals surface area contributed by atoms with Gasteiger partial charge in [0, 0.05) is 40.4 Å². The Morgan fingerprint density at radius 2 is 0.899 bits per heavy atom. The first-order valence-electron chi connectivity index (χ1n) is 33.2. The zero-order valence-electron chi connectivity index (χ0n) is 56.1. The van der Waals surface area contributed by atoms with Crippen molar-refractivity contribution in [3.63, 3.8) is 0 Å². The number of carbonyl (C=O) groups excluding carboxylic acids is 5. The monoisotopic (exact) mass is 1420 g/mol. The largest absolute Gasteiger partial charge is 0.494 e. The number of rotatable bonds is 32. The predicted octanol–water partition coefficient (Wildman–Crippen LogP) is -6.72. The molecule has 1 aromatic rings. The molecule has 0 bridgehead atoms. The summed E-state index contributed by atoms with van der Waals surface area (Å²) in [5.74, 6) is -3.67. The standard InChI is InChI=1S/C63H101N5O31/c1-8-9-10-11-12-13-14-15-16-20-88-33-19-17-18-32(21-33)57(85)68-40-46(79)45(78)34(22-69)92-59(40)96-52-35(23-70)93-60(41(48(52)81)65-29(4)74)97-53-36(24-71)94-61(42(49(53)82)66-30(5)75)98-54-37(25-72)95-62(43(50(54)83)67-31(6)76)99-55-38(91-58(86)39(47(55)80)64-28(3)73)26-89-63-56(87-7)51(84)44(77)27(2)90-63/h13-14,17-19,21,27,34-56,58-63,69-72,77-84,86H,8-12,15-16,20,22-26H2,1-7H3,(H,64,73)(H,65,74)(H,66,75)(H,67,76)(H,68,85)/b14-13-/t27?,34?,35-,36?,37-,38?,39-,40-,41?,42-,43?,44?,45+,46+,47+,48?,49?,50?,51-,52+,53+,54+,55?,56+,58?,59?,60?,61-,62?,63+/m0/s1. The first-order chi connectivity index (χ1) is 47.2. The normalized spacial score (nSPS) is 39.6. The van der Waals surface area contributed by atoms with Crippen molar-refractivity contribution in [2.45, 2.75) is 270 Å². The molecule has 0 spiro atoms. The van der Waals surface area contributed by atoms with Gasteiger partial charge >= 0.3 is 0 Å². The summed E-state index contributed by atoms with van der Waals surface area (Å²) in [5, 5.41) is 158. The maximum Gasteiger partial charge on any atom is 0.251 e.